The summed E-state index contributed by atoms with van der Waals surface area (Å²) < 4.78 is 34.2. The number of nitrogens with zero attached hydrogens (tertiary/aromatic N) is 1. The number of halogens is 1. The van der Waals surface area contributed by atoms with Gasteiger partial charge in [-0.3, -0.25) is 4.72 Å². The van der Waals surface area contributed by atoms with Gasteiger partial charge in [-0.05, 0) is 61.9 Å². The predicted octanol–water partition coefficient (Wildman–Crippen LogP) is 3.86. The topological polar surface area (TPSA) is 58.6 Å². The fourth-order valence-corrected chi connectivity index (χ4v) is 4.38. The summed E-state index contributed by atoms with van der Waals surface area (Å²) in [5.41, 5.74) is 1.28. The van der Waals surface area contributed by atoms with Gasteiger partial charge in [0.05, 0.1) is 5.75 Å². The van der Waals surface area contributed by atoms with Crippen molar-refractivity contribution in [1.29, 1.82) is 0 Å². The molecule has 2 aromatic carbocycles. The zero-order chi connectivity index (χ0) is 18.6. The molecule has 1 heterocycles. The van der Waals surface area contributed by atoms with Crippen LogP contribution in [0.5, 0.6) is 5.75 Å². The van der Waals surface area contributed by atoms with Gasteiger partial charge in [-0.1, -0.05) is 28.1 Å². The maximum Gasteiger partial charge on any atom is 0.236 e. The lowest BCUT2D eigenvalue weighted by atomic mass is 10.1. The van der Waals surface area contributed by atoms with Crippen LogP contribution in [0.3, 0.4) is 0 Å². The highest BCUT2D eigenvalue weighted by atomic mass is 79.9. The standard InChI is InChI=1S/C19H23BrN2O3S/c1-22-12-10-19(11-13-22)25-18-8-6-17(7-9-18)21-26(23,24)14-15-2-4-16(20)5-3-15/h2-9,19,21H,10-14H2,1H3. The van der Waals surface area contributed by atoms with Crippen molar-refractivity contribution in [2.45, 2.75) is 24.7 Å². The van der Waals surface area contributed by atoms with Crippen molar-refractivity contribution in [3.8, 4) is 5.75 Å². The number of hydrogen-bond donors (Lipinski definition) is 1. The lowest BCUT2D eigenvalue weighted by Gasteiger charge is -2.29. The second-order valence-electron chi connectivity index (χ2n) is 6.63. The summed E-state index contributed by atoms with van der Waals surface area (Å²) >= 11 is 3.34. The molecule has 140 valence electrons. The highest BCUT2D eigenvalue weighted by Crippen LogP contribution is 2.22. The lowest BCUT2D eigenvalue weighted by Crippen LogP contribution is -2.35. The zero-order valence-electron chi connectivity index (χ0n) is 14.7. The third-order valence-corrected chi connectivity index (χ3v) is 6.15. The highest BCUT2D eigenvalue weighted by molar-refractivity contribution is 9.10. The number of hydrogen-bond acceptors (Lipinski definition) is 4. The number of sulfonamides is 1. The van der Waals surface area contributed by atoms with Crippen LogP contribution in [0.25, 0.3) is 0 Å². The van der Waals surface area contributed by atoms with Crippen LogP contribution in [0.4, 0.5) is 5.69 Å². The molecule has 0 saturated carbocycles. The molecule has 1 N–H and O–H groups in total. The van der Waals surface area contributed by atoms with Crippen LogP contribution >= 0.6 is 15.9 Å². The van der Waals surface area contributed by atoms with E-state index in [1.54, 1.807) is 24.3 Å². The van der Waals surface area contributed by atoms with E-state index in [2.05, 4.69) is 32.6 Å². The number of benzene rings is 2. The van der Waals surface area contributed by atoms with Crippen molar-refractivity contribution in [2.75, 3.05) is 24.9 Å². The SMILES string of the molecule is CN1CCC(Oc2ccc(NS(=O)(=O)Cc3ccc(Br)cc3)cc2)CC1. The summed E-state index contributed by atoms with van der Waals surface area (Å²) in [5.74, 6) is 0.712. The van der Waals surface area contributed by atoms with Crippen molar-refractivity contribution in [3.63, 3.8) is 0 Å². The molecule has 1 saturated heterocycles. The van der Waals surface area contributed by atoms with Crippen molar-refractivity contribution >= 4 is 31.6 Å². The quantitative estimate of drug-likeness (QED) is 0.743. The maximum absolute atomic E-state index is 12.3. The van der Waals surface area contributed by atoms with E-state index in [1.807, 2.05) is 24.3 Å². The Bertz CT molecular complexity index is 815. The molecule has 1 fully saturated rings. The van der Waals surface area contributed by atoms with Crippen molar-refractivity contribution < 1.29 is 13.2 Å². The van der Waals surface area contributed by atoms with Crippen LogP contribution in [0, 0.1) is 0 Å². The van der Waals surface area contributed by atoms with Crippen molar-refractivity contribution in [2.24, 2.45) is 0 Å². The second kappa shape index (κ2) is 8.41. The normalized spacial score (nSPS) is 16.4. The van der Waals surface area contributed by atoms with Crippen LogP contribution in [0.15, 0.2) is 53.0 Å². The van der Waals surface area contributed by atoms with Gasteiger partial charge in [0.15, 0.2) is 0 Å². The Morgan fingerprint density at radius 1 is 1.08 bits per heavy atom. The minimum atomic E-state index is -3.46. The van der Waals surface area contributed by atoms with E-state index in [1.165, 1.54) is 0 Å². The van der Waals surface area contributed by atoms with Gasteiger partial charge in [-0.15, -0.1) is 0 Å². The number of ether oxygens (including phenoxy) is 1. The van der Waals surface area contributed by atoms with Gasteiger partial charge >= 0.3 is 0 Å². The van der Waals surface area contributed by atoms with E-state index >= 15 is 0 Å². The van der Waals surface area contributed by atoms with Gasteiger partial charge in [0, 0.05) is 23.2 Å². The Kier molecular flexibility index (Phi) is 6.21. The molecule has 1 aliphatic rings. The Hall–Kier alpha value is -1.57. The zero-order valence-corrected chi connectivity index (χ0v) is 17.1. The van der Waals surface area contributed by atoms with E-state index in [-0.39, 0.29) is 11.9 Å². The summed E-state index contributed by atoms with van der Waals surface area (Å²) in [7, 11) is -1.34. The molecule has 0 radical (unpaired) electrons. The Morgan fingerprint density at radius 2 is 1.69 bits per heavy atom. The Labute approximate surface area is 163 Å². The first-order chi connectivity index (χ1) is 12.4. The van der Waals surface area contributed by atoms with Gasteiger partial charge in [0.1, 0.15) is 11.9 Å². The van der Waals surface area contributed by atoms with E-state index in [0.717, 1.165) is 41.7 Å². The Morgan fingerprint density at radius 3 is 2.31 bits per heavy atom. The predicted molar refractivity (Wildman–Crippen MR) is 108 cm³/mol. The van der Waals surface area contributed by atoms with Crippen molar-refractivity contribution in [1.82, 2.24) is 4.90 Å². The molecule has 2 aromatic rings. The first-order valence-electron chi connectivity index (χ1n) is 8.60. The van der Waals surface area contributed by atoms with Gasteiger partial charge in [0.2, 0.25) is 10.0 Å². The molecule has 0 aliphatic carbocycles. The van der Waals surface area contributed by atoms with Gasteiger partial charge in [-0.25, -0.2) is 8.42 Å². The third-order valence-electron chi connectivity index (χ3n) is 4.37. The summed E-state index contributed by atoms with van der Waals surface area (Å²) in [5, 5.41) is 0. The first-order valence-corrected chi connectivity index (χ1v) is 11.0. The fraction of sp³-hybridized carbons (Fsp3) is 0.368. The van der Waals surface area contributed by atoms with Gasteiger partial charge < -0.3 is 9.64 Å². The van der Waals surface area contributed by atoms with Crippen molar-refractivity contribution in [3.05, 3.63) is 58.6 Å². The molecule has 7 heteroatoms. The molecule has 1 aliphatic heterocycles. The number of piperidine rings is 1. The number of likely N-dealkylation sites (tertiary alicyclic amines) is 1. The summed E-state index contributed by atoms with van der Waals surface area (Å²) in [6.45, 7) is 2.08. The molecule has 26 heavy (non-hydrogen) atoms. The molecule has 0 atom stereocenters. The third kappa shape index (κ3) is 5.72. The van der Waals surface area contributed by atoms with Crippen LogP contribution in [-0.2, 0) is 15.8 Å². The average Bonchev–Trinajstić information content (AvgIpc) is 2.60. The van der Waals surface area contributed by atoms with E-state index < -0.39 is 10.0 Å². The summed E-state index contributed by atoms with van der Waals surface area (Å²) in [6.07, 6.45) is 2.25. The maximum atomic E-state index is 12.3. The molecule has 3 rings (SSSR count). The molecule has 0 aromatic heterocycles. The van der Waals surface area contributed by atoms with Crippen LogP contribution < -0.4 is 9.46 Å². The van der Waals surface area contributed by atoms with Crippen LogP contribution in [-0.4, -0.2) is 39.6 Å². The molecular formula is C19H23BrN2O3S. The van der Waals surface area contributed by atoms with E-state index in [4.69, 9.17) is 4.74 Å². The molecule has 0 spiro atoms. The Balaban J connectivity index is 1.57. The average molecular weight is 439 g/mol. The summed E-state index contributed by atoms with van der Waals surface area (Å²) in [4.78, 5) is 2.29. The highest BCUT2D eigenvalue weighted by Gasteiger charge is 2.18. The number of nitrogens with one attached hydrogen (secondary N) is 1. The fourth-order valence-electron chi connectivity index (χ4n) is 2.91. The van der Waals surface area contributed by atoms with E-state index in [9.17, 15) is 8.42 Å². The van der Waals surface area contributed by atoms with Gasteiger partial charge in [0.25, 0.3) is 0 Å². The molecule has 5 nitrogen and oxygen atoms in total. The number of anilines is 1. The number of rotatable bonds is 6. The summed E-state index contributed by atoms with van der Waals surface area (Å²) in [6, 6.07) is 14.4. The molecular weight excluding hydrogens is 416 g/mol. The molecule has 0 unspecified atom stereocenters. The van der Waals surface area contributed by atoms with Crippen LogP contribution in [0.1, 0.15) is 18.4 Å². The largest absolute Gasteiger partial charge is 0.490 e. The smallest absolute Gasteiger partial charge is 0.236 e. The minimum Gasteiger partial charge on any atom is -0.490 e. The monoisotopic (exact) mass is 438 g/mol. The minimum absolute atomic E-state index is 0.0614. The van der Waals surface area contributed by atoms with E-state index in [0.29, 0.717) is 5.69 Å². The first kappa shape index (κ1) is 19.2. The lowest BCUT2D eigenvalue weighted by molar-refractivity contribution is 0.114. The molecule has 0 amide bonds. The van der Waals surface area contributed by atoms with Gasteiger partial charge in [-0.2, -0.15) is 0 Å². The second-order valence-corrected chi connectivity index (χ2v) is 9.27. The van der Waals surface area contributed by atoms with Crippen LogP contribution in [0.2, 0.25) is 0 Å². The molecule has 0 bridgehead atoms.